The van der Waals surface area contributed by atoms with Crippen LogP contribution in [0.15, 0.2) is 12.4 Å². The molecule has 19 heavy (non-hydrogen) atoms. The van der Waals surface area contributed by atoms with Gasteiger partial charge in [-0.25, -0.2) is 0 Å². The summed E-state index contributed by atoms with van der Waals surface area (Å²) >= 11 is 6.19. The number of aliphatic hydroxyl groups is 1. The summed E-state index contributed by atoms with van der Waals surface area (Å²) in [5.74, 6) is 0. The Morgan fingerprint density at radius 3 is 2.79 bits per heavy atom. The second kappa shape index (κ2) is 5.75. The first-order chi connectivity index (χ1) is 9.02. The molecule has 6 heteroatoms. The molecule has 2 aromatic heterocycles. The molecule has 0 bridgehead atoms. The van der Waals surface area contributed by atoms with E-state index in [4.69, 9.17) is 11.6 Å². The molecule has 0 aromatic carbocycles. The van der Waals surface area contributed by atoms with Crippen LogP contribution in [-0.4, -0.2) is 24.7 Å². The number of aromatic nitrogens is 4. The van der Waals surface area contributed by atoms with Crippen molar-refractivity contribution in [2.24, 2.45) is 7.05 Å². The first-order valence-corrected chi connectivity index (χ1v) is 6.79. The van der Waals surface area contributed by atoms with Crippen LogP contribution in [0.4, 0.5) is 0 Å². The molecule has 0 aliphatic heterocycles. The summed E-state index contributed by atoms with van der Waals surface area (Å²) in [6, 6.07) is 0. The van der Waals surface area contributed by atoms with Crippen LogP contribution in [0.2, 0.25) is 5.02 Å². The second-order valence-electron chi connectivity index (χ2n) is 4.73. The van der Waals surface area contributed by atoms with Crippen molar-refractivity contribution in [3.05, 3.63) is 34.4 Å². The third kappa shape index (κ3) is 2.98. The van der Waals surface area contributed by atoms with Gasteiger partial charge in [0.15, 0.2) is 0 Å². The average molecular weight is 283 g/mol. The van der Waals surface area contributed by atoms with Gasteiger partial charge in [0, 0.05) is 31.8 Å². The summed E-state index contributed by atoms with van der Waals surface area (Å²) in [7, 11) is 1.83. The number of nitrogens with zero attached hydrogens (tertiary/aromatic N) is 4. The minimum atomic E-state index is -0.613. The molecule has 0 aliphatic carbocycles. The zero-order valence-corrected chi connectivity index (χ0v) is 12.2. The van der Waals surface area contributed by atoms with E-state index < -0.39 is 6.10 Å². The van der Waals surface area contributed by atoms with Crippen LogP contribution in [-0.2, 0) is 20.0 Å². The third-order valence-corrected chi connectivity index (χ3v) is 3.63. The predicted molar refractivity (Wildman–Crippen MR) is 74.1 cm³/mol. The zero-order chi connectivity index (χ0) is 14.0. The van der Waals surface area contributed by atoms with Gasteiger partial charge in [0.2, 0.25) is 0 Å². The van der Waals surface area contributed by atoms with E-state index in [1.54, 1.807) is 10.9 Å². The van der Waals surface area contributed by atoms with E-state index in [1.807, 2.05) is 24.9 Å². The molecule has 5 nitrogen and oxygen atoms in total. The fraction of sp³-hybridized carbons (Fsp3) is 0.538. The molecule has 2 rings (SSSR count). The summed E-state index contributed by atoms with van der Waals surface area (Å²) < 4.78 is 3.56. The maximum atomic E-state index is 10.3. The highest BCUT2D eigenvalue weighted by atomic mass is 35.5. The van der Waals surface area contributed by atoms with Crippen molar-refractivity contribution >= 4 is 11.6 Å². The Hall–Kier alpha value is -1.33. The summed E-state index contributed by atoms with van der Waals surface area (Å²) in [6.45, 7) is 4.81. The van der Waals surface area contributed by atoms with E-state index in [2.05, 4.69) is 17.1 Å². The molecule has 2 heterocycles. The summed E-state index contributed by atoms with van der Waals surface area (Å²) in [5, 5.41) is 19.4. The van der Waals surface area contributed by atoms with Crippen molar-refractivity contribution in [1.29, 1.82) is 0 Å². The number of halogens is 1. The Morgan fingerprint density at radius 1 is 1.47 bits per heavy atom. The van der Waals surface area contributed by atoms with Crippen LogP contribution >= 0.6 is 11.6 Å². The first kappa shape index (κ1) is 14.1. The highest BCUT2D eigenvalue weighted by Gasteiger charge is 2.17. The monoisotopic (exact) mass is 282 g/mol. The quantitative estimate of drug-likeness (QED) is 0.915. The van der Waals surface area contributed by atoms with Crippen LogP contribution in [0, 0.1) is 6.92 Å². The van der Waals surface area contributed by atoms with Crippen LogP contribution < -0.4 is 0 Å². The van der Waals surface area contributed by atoms with Gasteiger partial charge in [-0.05, 0) is 13.3 Å². The van der Waals surface area contributed by atoms with Gasteiger partial charge >= 0.3 is 0 Å². The molecule has 0 saturated heterocycles. The lowest BCUT2D eigenvalue weighted by Crippen LogP contribution is -2.06. The van der Waals surface area contributed by atoms with Crippen molar-refractivity contribution < 1.29 is 5.11 Å². The van der Waals surface area contributed by atoms with E-state index in [0.717, 1.165) is 29.9 Å². The van der Waals surface area contributed by atoms with Crippen molar-refractivity contribution in [1.82, 2.24) is 19.6 Å². The van der Waals surface area contributed by atoms with Crippen molar-refractivity contribution in [3.63, 3.8) is 0 Å². The molecule has 2 aromatic rings. The second-order valence-corrected chi connectivity index (χ2v) is 5.10. The number of rotatable bonds is 5. The molecule has 0 saturated carbocycles. The Balaban J connectivity index is 2.13. The summed E-state index contributed by atoms with van der Waals surface area (Å²) in [5.41, 5.74) is 2.44. The Morgan fingerprint density at radius 2 is 2.21 bits per heavy atom. The maximum Gasteiger partial charge on any atom is 0.0876 e. The molecule has 104 valence electrons. The SMILES string of the molecule is CCCn1cc(C(O)Cc2c(Cl)c(C)nn2C)cn1. The topological polar surface area (TPSA) is 55.9 Å². The van der Waals surface area contributed by atoms with Crippen molar-refractivity contribution in [2.45, 2.75) is 39.3 Å². The first-order valence-electron chi connectivity index (χ1n) is 6.41. The van der Waals surface area contributed by atoms with Gasteiger partial charge in [0.25, 0.3) is 0 Å². The Bertz CT molecular complexity index is 561. The van der Waals surface area contributed by atoms with Gasteiger partial charge in [-0.2, -0.15) is 10.2 Å². The lowest BCUT2D eigenvalue weighted by Gasteiger charge is -2.09. The van der Waals surface area contributed by atoms with Crippen molar-refractivity contribution in [3.8, 4) is 0 Å². The van der Waals surface area contributed by atoms with Crippen LogP contribution in [0.25, 0.3) is 0 Å². The lowest BCUT2D eigenvalue weighted by atomic mass is 10.1. The molecule has 0 fully saturated rings. The largest absolute Gasteiger partial charge is 0.388 e. The highest BCUT2D eigenvalue weighted by Crippen LogP contribution is 2.25. The van der Waals surface area contributed by atoms with E-state index in [0.29, 0.717) is 11.4 Å². The number of hydrogen-bond donors (Lipinski definition) is 1. The lowest BCUT2D eigenvalue weighted by molar-refractivity contribution is 0.175. The molecule has 0 radical (unpaired) electrons. The minimum absolute atomic E-state index is 0.438. The third-order valence-electron chi connectivity index (χ3n) is 3.14. The number of aliphatic hydroxyl groups excluding tert-OH is 1. The Labute approximate surface area is 117 Å². The summed E-state index contributed by atoms with van der Waals surface area (Å²) in [6.07, 6.45) is 4.43. The van der Waals surface area contributed by atoms with Gasteiger partial charge in [-0.1, -0.05) is 18.5 Å². The maximum absolute atomic E-state index is 10.3. The fourth-order valence-corrected chi connectivity index (χ4v) is 2.34. The Kier molecular flexibility index (Phi) is 4.27. The van der Waals surface area contributed by atoms with Crippen molar-refractivity contribution in [2.75, 3.05) is 0 Å². The smallest absolute Gasteiger partial charge is 0.0876 e. The van der Waals surface area contributed by atoms with E-state index in [9.17, 15) is 5.11 Å². The molecule has 0 aliphatic rings. The highest BCUT2D eigenvalue weighted by molar-refractivity contribution is 6.31. The molecule has 1 unspecified atom stereocenters. The van der Waals surface area contributed by atoms with Crippen LogP contribution in [0.1, 0.15) is 36.4 Å². The zero-order valence-electron chi connectivity index (χ0n) is 11.5. The standard InChI is InChI=1S/C13H19ClN4O/c1-4-5-18-8-10(7-15-18)12(19)6-11-13(14)9(2)16-17(11)3/h7-8,12,19H,4-6H2,1-3H3. The summed E-state index contributed by atoms with van der Waals surface area (Å²) in [4.78, 5) is 0. The van der Waals surface area contributed by atoms with Crippen LogP contribution in [0.5, 0.6) is 0 Å². The van der Waals surface area contributed by atoms with Gasteiger partial charge in [-0.15, -0.1) is 0 Å². The average Bonchev–Trinajstić information content (AvgIpc) is 2.91. The number of aryl methyl sites for hydroxylation is 3. The fourth-order valence-electron chi connectivity index (χ4n) is 2.11. The molecule has 0 spiro atoms. The van der Waals surface area contributed by atoms with Gasteiger partial charge in [0.1, 0.15) is 0 Å². The van der Waals surface area contributed by atoms with Gasteiger partial charge in [-0.3, -0.25) is 9.36 Å². The number of hydrogen-bond acceptors (Lipinski definition) is 3. The van der Waals surface area contributed by atoms with E-state index >= 15 is 0 Å². The predicted octanol–water partition coefficient (Wildman–Crippen LogP) is 2.26. The van der Waals surface area contributed by atoms with Crippen LogP contribution in [0.3, 0.4) is 0 Å². The molecule has 0 amide bonds. The molecule has 1 atom stereocenters. The minimum Gasteiger partial charge on any atom is -0.388 e. The van der Waals surface area contributed by atoms with Gasteiger partial charge in [0.05, 0.1) is 28.7 Å². The molecular formula is C13H19ClN4O. The normalized spacial score (nSPS) is 12.9. The molecular weight excluding hydrogens is 264 g/mol. The molecule has 1 N–H and O–H groups in total. The van der Waals surface area contributed by atoms with Gasteiger partial charge < -0.3 is 5.11 Å². The van der Waals surface area contributed by atoms with E-state index in [1.165, 1.54) is 0 Å². The van der Waals surface area contributed by atoms with E-state index in [-0.39, 0.29) is 0 Å².